The van der Waals surface area contributed by atoms with Crippen LogP contribution in [0, 0.1) is 45.3 Å². The first-order valence-corrected chi connectivity index (χ1v) is 20.3. The average Bonchev–Trinajstić information content (AvgIpc) is 3.47. The van der Waals surface area contributed by atoms with Gasteiger partial charge in [-0.2, -0.15) is 0 Å². The highest BCUT2D eigenvalue weighted by atomic mass is 16.7. The maximum absolute atomic E-state index is 12.4. The molecule has 6 rings (SSSR count). The molecule has 12 nitrogen and oxygen atoms in total. The molecule has 12 heteroatoms. The van der Waals surface area contributed by atoms with Crippen LogP contribution in [0.3, 0.4) is 0 Å². The van der Waals surface area contributed by atoms with E-state index in [1.54, 1.807) is 0 Å². The van der Waals surface area contributed by atoms with Crippen LogP contribution in [-0.4, -0.2) is 127 Å². The maximum Gasteiger partial charge on any atom is 0.187 e. The van der Waals surface area contributed by atoms with Gasteiger partial charge in [-0.05, 0) is 124 Å². The Morgan fingerprint density at radius 2 is 1.42 bits per heavy atom. The Morgan fingerprint density at radius 1 is 0.755 bits per heavy atom. The van der Waals surface area contributed by atoms with Crippen molar-refractivity contribution in [1.29, 1.82) is 0 Å². The van der Waals surface area contributed by atoms with E-state index >= 15 is 0 Å². The SMILES string of the molecule is CC(C)=CCC[C@](C)(O[C@@H]1O[C@H](CO[C@@H]2OC[C@@H](O)[C@H](O)[C@H]2O)[C@@H](O)[C@H](O)[C@H]1O)[C@H]1CC[C@]2(C)[C@@H]1[C@H](O)C[C@H]1[C@@]3(C)CC[C@H](O)C(C)(C)[C@H]3CC[C@]12C. The highest BCUT2D eigenvalue weighted by Crippen LogP contribution is 2.76. The summed E-state index contributed by atoms with van der Waals surface area (Å²) in [5.41, 5.74) is -0.185. The molecule has 0 aromatic carbocycles. The van der Waals surface area contributed by atoms with Crippen molar-refractivity contribution >= 4 is 0 Å². The van der Waals surface area contributed by atoms with Gasteiger partial charge in [0.2, 0.25) is 0 Å². The summed E-state index contributed by atoms with van der Waals surface area (Å²) >= 11 is 0. The van der Waals surface area contributed by atoms with Crippen LogP contribution in [0.5, 0.6) is 0 Å². The third-order valence-electron chi connectivity index (χ3n) is 16.3. The molecule has 0 amide bonds. The van der Waals surface area contributed by atoms with E-state index < -0.39 is 67.0 Å². The lowest BCUT2D eigenvalue weighted by Crippen LogP contribution is -2.67. The van der Waals surface area contributed by atoms with Crippen molar-refractivity contribution < 1.29 is 59.8 Å². The first-order chi connectivity index (χ1) is 24.6. The summed E-state index contributed by atoms with van der Waals surface area (Å²) in [6.45, 7) is 17.2. The summed E-state index contributed by atoms with van der Waals surface area (Å²) in [6.07, 6.45) is -4.18. The molecule has 4 aliphatic carbocycles. The number of ether oxygens (including phenoxy) is 4. The van der Waals surface area contributed by atoms with Crippen molar-refractivity contribution in [2.45, 2.75) is 186 Å². The van der Waals surface area contributed by atoms with Crippen molar-refractivity contribution in [3.05, 3.63) is 11.6 Å². The van der Waals surface area contributed by atoms with Gasteiger partial charge in [-0.25, -0.2) is 0 Å². The molecule has 0 aromatic heterocycles. The first-order valence-electron chi connectivity index (χ1n) is 20.3. The zero-order chi connectivity index (χ0) is 39.1. The smallest absolute Gasteiger partial charge is 0.187 e. The fourth-order valence-corrected chi connectivity index (χ4v) is 12.9. The van der Waals surface area contributed by atoms with Crippen LogP contribution >= 0.6 is 0 Å². The van der Waals surface area contributed by atoms with Gasteiger partial charge in [0.25, 0.3) is 0 Å². The summed E-state index contributed by atoms with van der Waals surface area (Å²) in [7, 11) is 0. The van der Waals surface area contributed by atoms with E-state index in [0.717, 1.165) is 44.1 Å². The Morgan fingerprint density at radius 3 is 2.09 bits per heavy atom. The molecule has 4 saturated carbocycles. The molecule has 2 aliphatic heterocycles. The van der Waals surface area contributed by atoms with Crippen LogP contribution < -0.4 is 0 Å². The van der Waals surface area contributed by atoms with E-state index in [1.807, 2.05) is 20.8 Å². The molecule has 306 valence electrons. The summed E-state index contributed by atoms with van der Waals surface area (Å²) in [6, 6.07) is 0. The number of rotatable bonds is 9. The van der Waals surface area contributed by atoms with Crippen molar-refractivity contribution in [2.24, 2.45) is 45.3 Å². The predicted octanol–water partition coefficient (Wildman–Crippen LogP) is 2.79. The van der Waals surface area contributed by atoms with Gasteiger partial charge in [-0.15, -0.1) is 0 Å². The fraction of sp³-hybridized carbons (Fsp3) is 0.951. The van der Waals surface area contributed by atoms with Crippen molar-refractivity contribution in [3.8, 4) is 0 Å². The lowest BCUT2D eigenvalue weighted by Gasteiger charge is -2.70. The van der Waals surface area contributed by atoms with Crippen LogP contribution in [0.1, 0.15) is 113 Å². The van der Waals surface area contributed by atoms with Crippen molar-refractivity contribution in [3.63, 3.8) is 0 Å². The van der Waals surface area contributed by atoms with E-state index in [4.69, 9.17) is 18.9 Å². The number of aliphatic hydroxyl groups is 8. The molecule has 2 saturated heterocycles. The highest BCUT2D eigenvalue weighted by molar-refractivity contribution is 5.20. The minimum atomic E-state index is -1.63. The minimum Gasteiger partial charge on any atom is -0.393 e. The van der Waals surface area contributed by atoms with Crippen LogP contribution in [0.15, 0.2) is 11.6 Å². The zero-order valence-electron chi connectivity index (χ0n) is 33.2. The molecule has 0 bridgehead atoms. The van der Waals surface area contributed by atoms with Crippen molar-refractivity contribution in [2.75, 3.05) is 13.2 Å². The third kappa shape index (κ3) is 6.90. The Balaban J connectivity index is 1.26. The minimum absolute atomic E-state index is 0.00324. The molecule has 8 N–H and O–H groups in total. The van der Waals surface area contributed by atoms with Gasteiger partial charge in [0, 0.05) is 0 Å². The van der Waals surface area contributed by atoms with E-state index in [0.29, 0.717) is 31.1 Å². The van der Waals surface area contributed by atoms with Crippen LogP contribution in [0.2, 0.25) is 0 Å². The largest absolute Gasteiger partial charge is 0.393 e. The summed E-state index contributed by atoms with van der Waals surface area (Å²) in [5.74, 6) is 0.469. The van der Waals surface area contributed by atoms with E-state index in [9.17, 15) is 40.9 Å². The topological polar surface area (TPSA) is 199 Å². The van der Waals surface area contributed by atoms with E-state index in [2.05, 4.69) is 40.7 Å². The number of allylic oxidation sites excluding steroid dienone is 2. The Bertz CT molecular complexity index is 1320. The molecule has 6 aliphatic rings. The van der Waals surface area contributed by atoms with Gasteiger partial charge in [0.1, 0.15) is 42.7 Å². The maximum atomic E-state index is 12.4. The quantitative estimate of drug-likeness (QED) is 0.161. The summed E-state index contributed by atoms with van der Waals surface area (Å²) in [4.78, 5) is 0. The van der Waals surface area contributed by atoms with Gasteiger partial charge in [0.15, 0.2) is 12.6 Å². The molecule has 2 heterocycles. The molecule has 0 radical (unpaired) electrons. The third-order valence-corrected chi connectivity index (χ3v) is 16.3. The van der Waals surface area contributed by atoms with Crippen LogP contribution in [-0.2, 0) is 18.9 Å². The normalized spacial score (nSPS) is 52.1. The number of aliphatic hydroxyl groups excluding tert-OH is 8. The Hall–Kier alpha value is -0.740. The monoisotopic (exact) mass is 754 g/mol. The average molecular weight is 755 g/mol. The van der Waals surface area contributed by atoms with Gasteiger partial charge < -0.3 is 59.8 Å². The molecule has 0 aromatic rings. The second-order valence-electron chi connectivity index (χ2n) is 19.7. The summed E-state index contributed by atoms with van der Waals surface area (Å²) < 4.78 is 24.1. The van der Waals surface area contributed by atoms with Gasteiger partial charge in [-0.1, -0.05) is 46.3 Å². The standard InChI is InChI=1S/C41H70O12/c1-21(2)10-9-14-41(8,53-36-34(49)32(47)31(46)25(52-36)20-51-35-33(48)30(45)24(43)19-50-35)22-11-16-40(7)29(22)23(42)18-27-38(5)15-13-28(44)37(3,4)26(38)12-17-39(27,40)6/h10,22-36,42-49H,9,11-20H2,1-8H3/t22-,23+,24+,25+,26+,27-,28-,29-,30-,31+,32-,33+,34+,35-,36-,38-,39+,40+,41-/m0/s1. The first kappa shape index (κ1) is 41.9. The van der Waals surface area contributed by atoms with E-state index in [-0.39, 0.29) is 52.8 Å². The van der Waals surface area contributed by atoms with E-state index in [1.165, 1.54) is 0 Å². The van der Waals surface area contributed by atoms with Crippen molar-refractivity contribution in [1.82, 2.24) is 0 Å². The molecular formula is C41H70O12. The number of hydrogen-bond donors (Lipinski definition) is 8. The molecule has 6 fully saturated rings. The Kier molecular flexibility index (Phi) is 11.8. The lowest BCUT2D eigenvalue weighted by atomic mass is 9.35. The fourth-order valence-electron chi connectivity index (χ4n) is 12.9. The highest BCUT2D eigenvalue weighted by Gasteiger charge is 2.71. The van der Waals surface area contributed by atoms with Crippen LogP contribution in [0.4, 0.5) is 0 Å². The van der Waals surface area contributed by atoms with Gasteiger partial charge in [0.05, 0.1) is 31.0 Å². The zero-order valence-corrected chi connectivity index (χ0v) is 33.2. The molecule has 53 heavy (non-hydrogen) atoms. The number of fused-ring (bicyclic) bond motifs is 5. The second-order valence-corrected chi connectivity index (χ2v) is 19.7. The van der Waals surface area contributed by atoms with Gasteiger partial charge >= 0.3 is 0 Å². The lowest BCUT2D eigenvalue weighted by molar-refractivity contribution is -0.345. The molecule has 0 spiro atoms. The Labute approximate surface area is 315 Å². The van der Waals surface area contributed by atoms with Gasteiger partial charge in [-0.3, -0.25) is 0 Å². The molecule has 19 atom stereocenters. The molecular weight excluding hydrogens is 684 g/mol. The number of hydrogen-bond acceptors (Lipinski definition) is 12. The molecule has 0 unspecified atom stereocenters. The van der Waals surface area contributed by atoms with Crippen LogP contribution in [0.25, 0.3) is 0 Å². The summed E-state index contributed by atoms with van der Waals surface area (Å²) in [5, 5.41) is 87.0. The predicted molar refractivity (Wildman–Crippen MR) is 195 cm³/mol. The second kappa shape index (κ2) is 14.9.